The maximum absolute atomic E-state index is 12.1. The first-order valence-corrected chi connectivity index (χ1v) is 5.04. The molecule has 0 fully saturated rings. The summed E-state index contributed by atoms with van der Waals surface area (Å²) in [5.74, 6) is -0.360. The third kappa shape index (κ3) is 3.97. The number of ether oxygens (including phenoxy) is 1. The predicted octanol–water partition coefficient (Wildman–Crippen LogP) is 3.56. The Bertz CT molecular complexity index is 402. The molecule has 1 N–H and O–H groups in total. The van der Waals surface area contributed by atoms with Gasteiger partial charge in [0.2, 0.25) is 0 Å². The van der Waals surface area contributed by atoms with Crippen LogP contribution in [0.1, 0.15) is 25.3 Å². The number of para-hydroxylation sites is 1. The van der Waals surface area contributed by atoms with E-state index in [1.807, 2.05) is 6.92 Å². The number of nitrogens with zero attached hydrogens (tertiary/aromatic N) is 1. The van der Waals surface area contributed by atoms with Gasteiger partial charge in [-0.2, -0.15) is 0 Å². The summed E-state index contributed by atoms with van der Waals surface area (Å²) in [4.78, 5) is 0. The van der Waals surface area contributed by atoms with Crippen LogP contribution in [0.4, 0.5) is 13.2 Å². The van der Waals surface area contributed by atoms with Crippen molar-refractivity contribution >= 4 is 5.71 Å². The van der Waals surface area contributed by atoms with E-state index in [1.165, 1.54) is 18.2 Å². The first-order valence-electron chi connectivity index (χ1n) is 5.04. The average Bonchev–Trinajstić information content (AvgIpc) is 2.25. The number of halogens is 3. The van der Waals surface area contributed by atoms with Crippen molar-refractivity contribution in [3.63, 3.8) is 0 Å². The Balaban J connectivity index is 3.07. The maximum atomic E-state index is 12.1. The van der Waals surface area contributed by atoms with E-state index >= 15 is 0 Å². The molecule has 1 aromatic rings. The van der Waals surface area contributed by atoms with E-state index in [9.17, 15) is 13.2 Å². The molecule has 0 heterocycles. The smallest absolute Gasteiger partial charge is 0.411 e. The molecule has 3 nitrogen and oxygen atoms in total. The molecule has 0 saturated carbocycles. The van der Waals surface area contributed by atoms with Crippen molar-refractivity contribution in [3.8, 4) is 5.75 Å². The number of benzene rings is 1. The summed E-state index contributed by atoms with van der Waals surface area (Å²) in [5, 5.41) is 11.8. The molecule has 0 aromatic heterocycles. The molecule has 0 radical (unpaired) electrons. The molecule has 17 heavy (non-hydrogen) atoms. The van der Waals surface area contributed by atoms with Gasteiger partial charge in [-0.1, -0.05) is 30.6 Å². The molecule has 0 amide bonds. The second-order valence-corrected chi connectivity index (χ2v) is 3.34. The van der Waals surface area contributed by atoms with E-state index in [0.717, 1.165) is 0 Å². The minimum absolute atomic E-state index is 0.147. The Morgan fingerprint density at radius 1 is 1.35 bits per heavy atom. The number of hydrogen-bond donors (Lipinski definition) is 1. The first kappa shape index (κ1) is 13.3. The van der Waals surface area contributed by atoms with Crippen LogP contribution in [0.25, 0.3) is 0 Å². The van der Waals surface area contributed by atoms with Crippen LogP contribution in [0.15, 0.2) is 29.4 Å². The zero-order chi connectivity index (χ0) is 12.9. The molecule has 0 aliphatic rings. The van der Waals surface area contributed by atoms with Crippen molar-refractivity contribution < 1.29 is 23.1 Å². The molecule has 0 saturated heterocycles. The molecule has 0 atom stereocenters. The summed E-state index contributed by atoms with van der Waals surface area (Å²) in [6, 6.07) is 5.58. The van der Waals surface area contributed by atoms with Crippen molar-refractivity contribution in [1.82, 2.24) is 0 Å². The van der Waals surface area contributed by atoms with Gasteiger partial charge in [0.05, 0.1) is 5.71 Å². The van der Waals surface area contributed by atoms with Gasteiger partial charge in [-0.15, -0.1) is 13.2 Å². The summed E-state index contributed by atoms with van der Waals surface area (Å²) in [6.45, 7) is 1.83. The quantitative estimate of drug-likeness (QED) is 0.502. The van der Waals surface area contributed by atoms with E-state index in [0.29, 0.717) is 12.8 Å². The highest BCUT2D eigenvalue weighted by molar-refractivity contribution is 6.02. The van der Waals surface area contributed by atoms with Crippen LogP contribution >= 0.6 is 0 Å². The number of oxime groups is 1. The fraction of sp³-hybridized carbons (Fsp3) is 0.364. The van der Waals surface area contributed by atoms with Crippen molar-refractivity contribution in [3.05, 3.63) is 29.8 Å². The zero-order valence-electron chi connectivity index (χ0n) is 9.16. The minimum atomic E-state index is -4.76. The van der Waals surface area contributed by atoms with Crippen molar-refractivity contribution in [2.45, 2.75) is 26.1 Å². The number of alkyl halides is 3. The lowest BCUT2D eigenvalue weighted by molar-refractivity contribution is -0.274. The van der Waals surface area contributed by atoms with E-state index in [-0.39, 0.29) is 17.0 Å². The predicted molar refractivity (Wildman–Crippen MR) is 56.4 cm³/mol. The van der Waals surface area contributed by atoms with Crippen LogP contribution in [-0.2, 0) is 0 Å². The van der Waals surface area contributed by atoms with E-state index in [1.54, 1.807) is 6.07 Å². The molecule has 0 aliphatic heterocycles. The van der Waals surface area contributed by atoms with Gasteiger partial charge in [0.1, 0.15) is 5.75 Å². The molecular weight excluding hydrogens is 235 g/mol. The van der Waals surface area contributed by atoms with Crippen LogP contribution in [0.3, 0.4) is 0 Å². The summed E-state index contributed by atoms with van der Waals surface area (Å²) in [6.07, 6.45) is -3.74. The highest BCUT2D eigenvalue weighted by Gasteiger charge is 2.32. The molecule has 0 bridgehead atoms. The molecule has 94 valence electrons. The highest BCUT2D eigenvalue weighted by Crippen LogP contribution is 2.27. The Hall–Kier alpha value is -1.72. The Labute approximate surface area is 96.5 Å². The Morgan fingerprint density at radius 3 is 2.53 bits per heavy atom. The summed E-state index contributed by atoms with van der Waals surface area (Å²) < 4.78 is 40.3. The summed E-state index contributed by atoms with van der Waals surface area (Å²) in [7, 11) is 0. The van der Waals surface area contributed by atoms with Gasteiger partial charge in [0, 0.05) is 5.56 Å². The SMILES string of the molecule is CCC/C(=N\O)c1ccccc1OC(F)(F)F. The Kier molecular flexibility index (Phi) is 4.37. The summed E-state index contributed by atoms with van der Waals surface area (Å²) >= 11 is 0. The largest absolute Gasteiger partial charge is 0.573 e. The third-order valence-electron chi connectivity index (χ3n) is 2.03. The van der Waals surface area contributed by atoms with Gasteiger partial charge in [-0.3, -0.25) is 0 Å². The zero-order valence-corrected chi connectivity index (χ0v) is 9.16. The molecule has 6 heteroatoms. The number of hydrogen-bond acceptors (Lipinski definition) is 3. The van der Waals surface area contributed by atoms with Gasteiger partial charge >= 0.3 is 6.36 Å². The van der Waals surface area contributed by atoms with Crippen LogP contribution in [-0.4, -0.2) is 17.3 Å². The van der Waals surface area contributed by atoms with Gasteiger partial charge < -0.3 is 9.94 Å². The first-order chi connectivity index (χ1) is 7.98. The normalized spacial score (nSPS) is 12.6. The standard InChI is InChI=1S/C11H12F3NO2/c1-2-5-9(15-16)8-6-3-4-7-10(8)17-11(12,13)14/h3-4,6-7,16H,2,5H2,1H3/b15-9+. The highest BCUT2D eigenvalue weighted by atomic mass is 19.4. The molecule has 1 aromatic carbocycles. The van der Waals surface area contributed by atoms with Crippen LogP contribution in [0.2, 0.25) is 0 Å². The molecule has 0 spiro atoms. The second kappa shape index (κ2) is 5.56. The van der Waals surface area contributed by atoms with Gasteiger partial charge in [0.25, 0.3) is 0 Å². The molecule has 0 unspecified atom stereocenters. The fourth-order valence-electron chi connectivity index (χ4n) is 1.39. The average molecular weight is 247 g/mol. The lowest BCUT2D eigenvalue weighted by atomic mass is 10.1. The van der Waals surface area contributed by atoms with Crippen molar-refractivity contribution in [2.75, 3.05) is 0 Å². The third-order valence-corrected chi connectivity index (χ3v) is 2.03. The van der Waals surface area contributed by atoms with Crippen LogP contribution in [0, 0.1) is 0 Å². The summed E-state index contributed by atoms with van der Waals surface area (Å²) in [5.41, 5.74) is 0.321. The molecule has 0 aliphatic carbocycles. The van der Waals surface area contributed by atoms with Gasteiger partial charge in [-0.05, 0) is 18.6 Å². The second-order valence-electron chi connectivity index (χ2n) is 3.34. The van der Waals surface area contributed by atoms with Gasteiger partial charge in [-0.25, -0.2) is 0 Å². The van der Waals surface area contributed by atoms with Gasteiger partial charge in [0.15, 0.2) is 0 Å². The Morgan fingerprint density at radius 2 is 2.00 bits per heavy atom. The van der Waals surface area contributed by atoms with Crippen LogP contribution in [0.5, 0.6) is 5.75 Å². The lowest BCUT2D eigenvalue weighted by Gasteiger charge is -2.13. The lowest BCUT2D eigenvalue weighted by Crippen LogP contribution is -2.19. The van der Waals surface area contributed by atoms with Crippen molar-refractivity contribution in [2.24, 2.45) is 5.16 Å². The molecule has 1 rings (SSSR count). The number of rotatable bonds is 4. The van der Waals surface area contributed by atoms with E-state index in [4.69, 9.17) is 5.21 Å². The topological polar surface area (TPSA) is 41.8 Å². The van der Waals surface area contributed by atoms with Crippen molar-refractivity contribution in [1.29, 1.82) is 0 Å². The molecular formula is C11H12F3NO2. The maximum Gasteiger partial charge on any atom is 0.573 e. The van der Waals surface area contributed by atoms with E-state index < -0.39 is 6.36 Å². The minimum Gasteiger partial charge on any atom is -0.411 e. The van der Waals surface area contributed by atoms with Crippen LogP contribution < -0.4 is 4.74 Å². The van der Waals surface area contributed by atoms with E-state index in [2.05, 4.69) is 9.89 Å². The fourth-order valence-corrected chi connectivity index (χ4v) is 1.39. The monoisotopic (exact) mass is 247 g/mol.